The molecule has 5 fully saturated rings. The number of carbonyl (C=O) groups is 4. The van der Waals surface area contributed by atoms with Crippen LogP contribution in [0.25, 0.3) is 10.9 Å². The van der Waals surface area contributed by atoms with E-state index < -0.39 is 62.8 Å². The predicted molar refractivity (Wildman–Crippen MR) is 209 cm³/mol. The molecule has 1 aromatic carbocycles. The van der Waals surface area contributed by atoms with Crippen molar-refractivity contribution in [1.29, 1.82) is 0 Å². The molecule has 4 aliphatic carbocycles. The van der Waals surface area contributed by atoms with E-state index in [-0.39, 0.29) is 43.2 Å². The molecule has 14 heteroatoms. The maximum atomic E-state index is 14.9. The molecule has 6 aliphatic rings. The Bertz CT molecular complexity index is 1960. The van der Waals surface area contributed by atoms with E-state index in [9.17, 15) is 27.6 Å². The van der Waals surface area contributed by atoms with Gasteiger partial charge in [0.1, 0.15) is 35.6 Å². The van der Waals surface area contributed by atoms with Crippen LogP contribution in [0.4, 0.5) is 4.79 Å². The van der Waals surface area contributed by atoms with Gasteiger partial charge in [-0.05, 0) is 107 Å². The fourth-order valence-electron chi connectivity index (χ4n) is 9.77. The van der Waals surface area contributed by atoms with Gasteiger partial charge in [0.05, 0.1) is 23.0 Å². The monoisotopic (exact) mass is 789 g/mol. The SMILES string of the molecule is C=CC[C@H]1CC1(NC(=O)[C@@H]1C[C@@H]2CN1C(=O)[C@H](C1CCCC1)NC(=O)OC1CCC[C@H]1CCCCCc1nc3ccccc3cc1O2)C(=O)NS(=O)(=O)C1CC1. The lowest BCUT2D eigenvalue weighted by molar-refractivity contribution is -0.142. The van der Waals surface area contributed by atoms with Crippen molar-refractivity contribution in [2.24, 2.45) is 17.8 Å². The quantitative estimate of drug-likeness (QED) is 0.304. The third-order valence-corrected chi connectivity index (χ3v) is 15.0. The molecular weight excluding hydrogens is 735 g/mol. The number of nitrogens with zero attached hydrogens (tertiary/aromatic N) is 2. The van der Waals surface area contributed by atoms with Gasteiger partial charge in [-0.2, -0.15) is 0 Å². The average molecular weight is 790 g/mol. The highest BCUT2D eigenvalue weighted by Crippen LogP contribution is 2.47. The molecular formula is C42H55N5O8S. The molecule has 0 spiro atoms. The summed E-state index contributed by atoms with van der Waals surface area (Å²) >= 11 is 0. The van der Waals surface area contributed by atoms with Crippen molar-refractivity contribution < 1.29 is 37.1 Å². The number of alkyl carbamates (subject to hydrolysis) is 1. The number of sulfonamides is 1. The Balaban J connectivity index is 1.12. The Hall–Kier alpha value is -4.20. The van der Waals surface area contributed by atoms with E-state index in [4.69, 9.17) is 14.5 Å². The maximum Gasteiger partial charge on any atom is 0.408 e. The summed E-state index contributed by atoms with van der Waals surface area (Å²) in [5.41, 5.74) is 0.226. The lowest BCUT2D eigenvalue weighted by Crippen LogP contribution is -2.59. The summed E-state index contributed by atoms with van der Waals surface area (Å²) in [6, 6.07) is 7.89. The van der Waals surface area contributed by atoms with Crippen molar-refractivity contribution >= 4 is 44.7 Å². The van der Waals surface area contributed by atoms with Gasteiger partial charge in [0.25, 0.3) is 5.91 Å². The van der Waals surface area contributed by atoms with Gasteiger partial charge < -0.3 is 25.0 Å². The first kappa shape index (κ1) is 38.7. The molecule has 3 N–H and O–H groups in total. The van der Waals surface area contributed by atoms with Crippen molar-refractivity contribution in [1.82, 2.24) is 25.2 Å². The number of rotatable bonds is 8. The molecule has 3 heterocycles. The van der Waals surface area contributed by atoms with Crippen LogP contribution < -0.4 is 20.1 Å². The predicted octanol–water partition coefficient (Wildman–Crippen LogP) is 5.21. The highest BCUT2D eigenvalue weighted by Gasteiger charge is 2.62. The van der Waals surface area contributed by atoms with E-state index in [1.54, 1.807) is 6.08 Å². The van der Waals surface area contributed by atoms with E-state index in [1.807, 2.05) is 30.3 Å². The van der Waals surface area contributed by atoms with E-state index in [2.05, 4.69) is 21.9 Å². The number of hydrogen-bond donors (Lipinski definition) is 3. The summed E-state index contributed by atoms with van der Waals surface area (Å²) in [5, 5.41) is 6.21. The normalized spacial score (nSPS) is 31.5. The van der Waals surface area contributed by atoms with Gasteiger partial charge in [-0.25, -0.2) is 18.2 Å². The van der Waals surface area contributed by atoms with Gasteiger partial charge in [0.15, 0.2) is 0 Å². The van der Waals surface area contributed by atoms with E-state index in [0.29, 0.717) is 31.4 Å². The number of carbonyl (C=O) groups excluding carboxylic acids is 4. The zero-order chi connectivity index (χ0) is 39.0. The van der Waals surface area contributed by atoms with Crippen LogP contribution >= 0.6 is 0 Å². The van der Waals surface area contributed by atoms with Crippen LogP contribution in [0.5, 0.6) is 5.75 Å². The van der Waals surface area contributed by atoms with Crippen LogP contribution in [0.3, 0.4) is 0 Å². The van der Waals surface area contributed by atoms with Crippen LogP contribution in [0, 0.1) is 17.8 Å². The Morgan fingerprint density at radius 2 is 1.71 bits per heavy atom. The topological polar surface area (TPSA) is 173 Å². The van der Waals surface area contributed by atoms with Gasteiger partial charge in [0.2, 0.25) is 21.8 Å². The second-order valence-corrected chi connectivity index (χ2v) is 19.0. The van der Waals surface area contributed by atoms with Crippen LogP contribution in [0.1, 0.15) is 108 Å². The third-order valence-electron chi connectivity index (χ3n) is 13.2. The van der Waals surface area contributed by atoms with Gasteiger partial charge in [-0.1, -0.05) is 50.0 Å². The summed E-state index contributed by atoms with van der Waals surface area (Å²) in [7, 11) is -3.88. The Morgan fingerprint density at radius 1 is 0.964 bits per heavy atom. The molecule has 1 saturated heterocycles. The molecule has 2 unspecified atom stereocenters. The van der Waals surface area contributed by atoms with Crippen molar-refractivity contribution in [3.8, 4) is 5.75 Å². The van der Waals surface area contributed by atoms with Crippen molar-refractivity contribution in [3.63, 3.8) is 0 Å². The minimum atomic E-state index is -3.88. The highest BCUT2D eigenvalue weighted by molar-refractivity contribution is 7.91. The smallest absolute Gasteiger partial charge is 0.408 e. The molecule has 4 saturated carbocycles. The minimum Gasteiger partial charge on any atom is -0.487 e. The standard InChI is InChI=1S/C42H55N5O8S/c1-2-11-29-24-42(29,40(50)46-56(52,53)31-20-21-31)45-38(48)34-23-30-25-47(34)39(49)37(27-13-6-7-14-27)44-41(51)55-35-19-10-16-26(35)12-4-3-5-18-33-36(54-30)22-28-15-8-9-17-32(28)43-33/h2,8-9,15,17,22,26-27,29-31,34-35,37H,1,3-7,10-14,16,18-21,23-25H2,(H,44,51)(H,45,48)(H,46,50)/t26-,29+,30-,34+,35?,37+,42?/m1/s1. The third kappa shape index (κ3) is 8.13. The Kier molecular flexibility index (Phi) is 11.0. The van der Waals surface area contributed by atoms with Crippen molar-refractivity contribution in [3.05, 3.63) is 48.7 Å². The summed E-state index contributed by atoms with van der Waals surface area (Å²) in [4.78, 5) is 63.3. The second-order valence-electron chi connectivity index (χ2n) is 17.1. The maximum absolute atomic E-state index is 14.9. The second kappa shape index (κ2) is 16.0. The number of benzene rings is 1. The number of nitrogens with one attached hydrogen (secondary N) is 3. The number of aryl methyl sites for hydroxylation is 1. The molecule has 2 aliphatic heterocycles. The van der Waals surface area contributed by atoms with Gasteiger partial charge in [0, 0.05) is 11.8 Å². The fraction of sp³-hybridized carbons (Fsp3) is 0.643. The molecule has 7 atom stereocenters. The summed E-state index contributed by atoms with van der Waals surface area (Å²) in [6.45, 7) is 3.87. The minimum absolute atomic E-state index is 0.0686. The first-order valence-electron chi connectivity index (χ1n) is 20.9. The van der Waals surface area contributed by atoms with Crippen molar-refractivity contribution in [2.45, 2.75) is 144 Å². The van der Waals surface area contributed by atoms with E-state index in [1.165, 1.54) is 4.90 Å². The number of ether oxygens (including phenoxy) is 2. The first-order chi connectivity index (χ1) is 27.0. The lowest BCUT2D eigenvalue weighted by Gasteiger charge is -2.32. The van der Waals surface area contributed by atoms with Crippen LogP contribution in [-0.2, 0) is 35.6 Å². The average Bonchev–Trinajstić information content (AvgIpc) is 3.94. The largest absolute Gasteiger partial charge is 0.487 e. The van der Waals surface area contributed by atoms with Crippen LogP contribution in [0.15, 0.2) is 43.0 Å². The molecule has 0 radical (unpaired) electrons. The molecule has 56 heavy (non-hydrogen) atoms. The number of amides is 4. The fourth-order valence-corrected chi connectivity index (χ4v) is 11.1. The van der Waals surface area contributed by atoms with Crippen LogP contribution in [-0.4, -0.2) is 83.7 Å². The number of fused-ring (bicyclic) bond motifs is 5. The molecule has 2 bridgehead atoms. The van der Waals surface area contributed by atoms with E-state index in [0.717, 1.165) is 87.2 Å². The number of pyridine rings is 1. The zero-order valence-electron chi connectivity index (χ0n) is 32.1. The summed E-state index contributed by atoms with van der Waals surface area (Å²) in [6.07, 6.45) is 12.6. The molecule has 4 amide bonds. The molecule has 1 aromatic heterocycles. The lowest BCUT2D eigenvalue weighted by atomic mass is 9.96. The molecule has 302 valence electrons. The van der Waals surface area contributed by atoms with Gasteiger partial charge in [-0.15, -0.1) is 6.58 Å². The number of para-hydroxylation sites is 1. The number of allylic oxidation sites excluding steroid dienone is 1. The number of aromatic nitrogens is 1. The Morgan fingerprint density at radius 3 is 2.50 bits per heavy atom. The van der Waals surface area contributed by atoms with Gasteiger partial charge >= 0.3 is 6.09 Å². The Labute approximate surface area is 329 Å². The van der Waals surface area contributed by atoms with Crippen LogP contribution in [0.2, 0.25) is 0 Å². The van der Waals surface area contributed by atoms with Gasteiger partial charge in [-0.3, -0.25) is 19.1 Å². The first-order valence-corrected chi connectivity index (χ1v) is 22.4. The molecule has 2 aromatic rings. The zero-order valence-corrected chi connectivity index (χ0v) is 32.9. The van der Waals surface area contributed by atoms with Crippen molar-refractivity contribution in [2.75, 3.05) is 6.54 Å². The van der Waals surface area contributed by atoms with E-state index >= 15 is 0 Å². The highest BCUT2D eigenvalue weighted by atomic mass is 32.2. The summed E-state index contributed by atoms with van der Waals surface area (Å²) < 4.78 is 40.7. The molecule has 13 nitrogen and oxygen atoms in total. The summed E-state index contributed by atoms with van der Waals surface area (Å²) in [5.74, 6) is -1.34. The molecule has 8 rings (SSSR count). The number of hydrogen-bond acceptors (Lipinski definition) is 9.